The number of nitrogens with zero attached hydrogens (tertiary/aromatic N) is 3. The fraction of sp³-hybridized carbons (Fsp3) is 0.538. The molecule has 0 saturated heterocycles. The number of nitrogens with two attached hydrogens (primary N) is 1. The summed E-state index contributed by atoms with van der Waals surface area (Å²) >= 11 is 0. The van der Waals surface area contributed by atoms with E-state index in [-0.39, 0.29) is 5.54 Å². The number of fused-ring (bicyclic) bond motifs is 1. The standard InChI is InChI=1S/C13H20N4O/c1-4-13(14,5-2)8-18-12-11-10(6-7-15-12)17(3)9-16-11/h6-7,9H,4-5,8,14H2,1-3H3. The first-order valence-electron chi connectivity index (χ1n) is 6.27. The zero-order valence-electron chi connectivity index (χ0n) is 11.2. The molecule has 0 unspecified atom stereocenters. The molecule has 2 rings (SSSR count). The first-order valence-corrected chi connectivity index (χ1v) is 6.27. The van der Waals surface area contributed by atoms with Crippen LogP contribution in [0.2, 0.25) is 0 Å². The van der Waals surface area contributed by atoms with Crippen LogP contribution in [0.25, 0.3) is 11.0 Å². The van der Waals surface area contributed by atoms with Crippen LogP contribution in [0.15, 0.2) is 18.6 Å². The predicted molar refractivity (Wildman–Crippen MR) is 71.5 cm³/mol. The van der Waals surface area contributed by atoms with E-state index >= 15 is 0 Å². The van der Waals surface area contributed by atoms with Crippen LogP contribution in [0, 0.1) is 0 Å². The van der Waals surface area contributed by atoms with Gasteiger partial charge in [0.2, 0.25) is 5.88 Å². The summed E-state index contributed by atoms with van der Waals surface area (Å²) in [5.41, 5.74) is 7.72. The van der Waals surface area contributed by atoms with E-state index in [0.717, 1.165) is 23.9 Å². The molecule has 18 heavy (non-hydrogen) atoms. The summed E-state index contributed by atoms with van der Waals surface area (Å²) in [6.45, 7) is 4.60. The molecule has 0 aliphatic carbocycles. The highest BCUT2D eigenvalue weighted by molar-refractivity contribution is 5.79. The molecule has 98 valence electrons. The molecule has 5 heteroatoms. The van der Waals surface area contributed by atoms with Crippen LogP contribution < -0.4 is 10.5 Å². The number of aromatic nitrogens is 3. The second-order valence-electron chi connectivity index (χ2n) is 4.70. The molecule has 0 aliphatic heterocycles. The third kappa shape index (κ3) is 2.31. The number of ether oxygens (including phenoxy) is 1. The van der Waals surface area contributed by atoms with Gasteiger partial charge in [-0.15, -0.1) is 0 Å². The molecule has 0 aromatic carbocycles. The number of rotatable bonds is 5. The van der Waals surface area contributed by atoms with Crippen molar-refractivity contribution >= 4 is 11.0 Å². The number of aryl methyl sites for hydroxylation is 1. The van der Waals surface area contributed by atoms with Crippen molar-refractivity contribution in [1.29, 1.82) is 0 Å². The van der Waals surface area contributed by atoms with Gasteiger partial charge in [-0.05, 0) is 18.9 Å². The van der Waals surface area contributed by atoms with Gasteiger partial charge in [0.05, 0.1) is 11.8 Å². The SMILES string of the molecule is CCC(N)(CC)COc1nccc2c1ncn2C. The highest BCUT2D eigenvalue weighted by Gasteiger charge is 2.22. The zero-order valence-corrected chi connectivity index (χ0v) is 11.2. The van der Waals surface area contributed by atoms with Gasteiger partial charge in [-0.25, -0.2) is 9.97 Å². The van der Waals surface area contributed by atoms with Gasteiger partial charge >= 0.3 is 0 Å². The molecule has 5 nitrogen and oxygen atoms in total. The van der Waals surface area contributed by atoms with Gasteiger partial charge in [-0.3, -0.25) is 0 Å². The van der Waals surface area contributed by atoms with Crippen LogP contribution in [0.5, 0.6) is 5.88 Å². The van der Waals surface area contributed by atoms with Gasteiger partial charge in [0.25, 0.3) is 0 Å². The summed E-state index contributed by atoms with van der Waals surface area (Å²) < 4.78 is 7.71. The maximum absolute atomic E-state index is 6.22. The Balaban J connectivity index is 2.22. The fourth-order valence-corrected chi connectivity index (χ4v) is 1.81. The average Bonchev–Trinajstić information content (AvgIpc) is 2.78. The van der Waals surface area contributed by atoms with E-state index in [9.17, 15) is 0 Å². The van der Waals surface area contributed by atoms with E-state index in [4.69, 9.17) is 10.5 Å². The van der Waals surface area contributed by atoms with E-state index in [1.807, 2.05) is 17.7 Å². The fourth-order valence-electron chi connectivity index (χ4n) is 1.81. The van der Waals surface area contributed by atoms with Crippen molar-refractivity contribution in [2.75, 3.05) is 6.61 Å². The lowest BCUT2D eigenvalue weighted by molar-refractivity contribution is 0.203. The Hall–Kier alpha value is -1.62. The smallest absolute Gasteiger partial charge is 0.242 e. The Bertz CT molecular complexity index is 531. The van der Waals surface area contributed by atoms with Gasteiger partial charge < -0.3 is 15.0 Å². The molecule has 2 aromatic rings. The summed E-state index contributed by atoms with van der Waals surface area (Å²) in [4.78, 5) is 8.54. The molecule has 0 radical (unpaired) electrons. The van der Waals surface area contributed by atoms with Gasteiger partial charge in [-0.1, -0.05) is 13.8 Å². The second-order valence-corrected chi connectivity index (χ2v) is 4.70. The minimum absolute atomic E-state index is 0.293. The van der Waals surface area contributed by atoms with Crippen molar-refractivity contribution in [3.63, 3.8) is 0 Å². The lowest BCUT2D eigenvalue weighted by atomic mass is 9.96. The lowest BCUT2D eigenvalue weighted by Crippen LogP contribution is -2.44. The van der Waals surface area contributed by atoms with E-state index in [1.54, 1.807) is 12.5 Å². The first kappa shape index (κ1) is 12.8. The quantitative estimate of drug-likeness (QED) is 0.877. The summed E-state index contributed by atoms with van der Waals surface area (Å²) in [5.74, 6) is 0.560. The van der Waals surface area contributed by atoms with E-state index in [0.29, 0.717) is 12.5 Å². The second kappa shape index (κ2) is 4.94. The van der Waals surface area contributed by atoms with Crippen molar-refractivity contribution in [2.24, 2.45) is 12.8 Å². The monoisotopic (exact) mass is 248 g/mol. The predicted octanol–water partition coefficient (Wildman–Crippen LogP) is 1.86. The van der Waals surface area contributed by atoms with Gasteiger partial charge in [0.1, 0.15) is 6.61 Å². The minimum atomic E-state index is -0.293. The van der Waals surface area contributed by atoms with E-state index in [1.165, 1.54) is 0 Å². The molecular weight excluding hydrogens is 228 g/mol. The maximum Gasteiger partial charge on any atom is 0.242 e. The Kier molecular flexibility index (Phi) is 3.52. The molecule has 0 spiro atoms. The largest absolute Gasteiger partial charge is 0.474 e. The third-order valence-corrected chi connectivity index (χ3v) is 3.51. The molecule has 0 fully saturated rings. The van der Waals surface area contributed by atoms with Crippen molar-refractivity contribution < 1.29 is 4.74 Å². The van der Waals surface area contributed by atoms with Crippen molar-refractivity contribution in [3.8, 4) is 5.88 Å². The Labute approximate surface area is 107 Å². The van der Waals surface area contributed by atoms with Gasteiger partial charge in [0, 0.05) is 18.8 Å². The van der Waals surface area contributed by atoms with Crippen LogP contribution in [-0.4, -0.2) is 26.7 Å². The highest BCUT2D eigenvalue weighted by atomic mass is 16.5. The summed E-state index contributed by atoms with van der Waals surface area (Å²) in [6, 6.07) is 1.92. The van der Waals surface area contributed by atoms with E-state index in [2.05, 4.69) is 23.8 Å². The Morgan fingerprint density at radius 3 is 2.72 bits per heavy atom. The molecule has 2 N–H and O–H groups in total. The topological polar surface area (TPSA) is 66.0 Å². The van der Waals surface area contributed by atoms with Crippen LogP contribution in [-0.2, 0) is 7.05 Å². The molecule has 0 amide bonds. The normalized spacial score (nSPS) is 12.0. The maximum atomic E-state index is 6.22. The number of hydrogen-bond donors (Lipinski definition) is 1. The molecule has 0 saturated carbocycles. The molecule has 0 aliphatic rings. The van der Waals surface area contributed by atoms with Crippen LogP contribution >= 0.6 is 0 Å². The van der Waals surface area contributed by atoms with Crippen LogP contribution in [0.1, 0.15) is 26.7 Å². The van der Waals surface area contributed by atoms with Crippen molar-refractivity contribution in [1.82, 2.24) is 14.5 Å². The highest BCUT2D eigenvalue weighted by Crippen LogP contribution is 2.22. The Morgan fingerprint density at radius 1 is 1.33 bits per heavy atom. The van der Waals surface area contributed by atoms with Crippen LogP contribution in [0.3, 0.4) is 0 Å². The van der Waals surface area contributed by atoms with Gasteiger partial charge in [0.15, 0.2) is 5.52 Å². The van der Waals surface area contributed by atoms with Gasteiger partial charge in [-0.2, -0.15) is 0 Å². The summed E-state index contributed by atoms with van der Waals surface area (Å²) in [6.07, 6.45) is 5.24. The minimum Gasteiger partial charge on any atom is -0.474 e. The molecule has 2 aromatic heterocycles. The molecule has 0 atom stereocenters. The molecule has 0 bridgehead atoms. The lowest BCUT2D eigenvalue weighted by Gasteiger charge is -2.26. The first-order chi connectivity index (χ1) is 8.59. The summed E-state index contributed by atoms with van der Waals surface area (Å²) in [7, 11) is 1.95. The number of pyridine rings is 1. The van der Waals surface area contributed by atoms with Crippen molar-refractivity contribution in [2.45, 2.75) is 32.2 Å². The summed E-state index contributed by atoms with van der Waals surface area (Å²) in [5, 5.41) is 0. The van der Waals surface area contributed by atoms with E-state index < -0.39 is 0 Å². The third-order valence-electron chi connectivity index (χ3n) is 3.51. The zero-order chi connectivity index (χ0) is 13.2. The molecular formula is C13H20N4O. The molecule has 2 heterocycles. The number of hydrogen-bond acceptors (Lipinski definition) is 4. The average molecular weight is 248 g/mol. The number of imidazole rings is 1. The Morgan fingerprint density at radius 2 is 2.06 bits per heavy atom. The van der Waals surface area contributed by atoms with Crippen molar-refractivity contribution in [3.05, 3.63) is 18.6 Å². The van der Waals surface area contributed by atoms with Crippen LogP contribution in [0.4, 0.5) is 0 Å².